The zero-order valence-electron chi connectivity index (χ0n) is 22.6. The van der Waals surface area contributed by atoms with Crippen LogP contribution in [0, 0.1) is 12.8 Å². The second-order valence-electron chi connectivity index (χ2n) is 11.1. The van der Waals surface area contributed by atoms with Gasteiger partial charge in [-0.1, -0.05) is 6.07 Å². The number of sulfone groups is 1. The molecule has 1 unspecified atom stereocenters. The molecule has 6 rings (SSSR count). The summed E-state index contributed by atoms with van der Waals surface area (Å²) in [4.78, 5) is 22.7. The molecule has 3 fully saturated rings. The largest absolute Gasteiger partial charge is 0.381 e. The number of benzene rings is 1. The number of pyridine rings is 1. The number of Topliss-reactive ketones (excluding diaryl/α,β-unsaturated/α-hetero) is 1. The Hall–Kier alpha value is -2.82. The van der Waals surface area contributed by atoms with E-state index in [1.807, 2.05) is 29.7 Å². The van der Waals surface area contributed by atoms with Gasteiger partial charge < -0.3 is 14.8 Å². The summed E-state index contributed by atoms with van der Waals surface area (Å²) in [5.41, 5.74) is 4.08. The Balaban J connectivity index is 1.43. The monoisotopic (exact) mass is 552 g/mol. The summed E-state index contributed by atoms with van der Waals surface area (Å²) in [7, 11) is -3.53. The predicted molar refractivity (Wildman–Crippen MR) is 148 cm³/mol. The molecule has 0 amide bonds. The molecule has 2 aromatic heterocycles. The number of rotatable bonds is 8. The standard InChI is InChI=1S/C29H36N4O5S/c1-18-30-28-24(32-23-9-8-21(15-26(23)39(2,35)36)19-10-13-37-14-11-19)16-22(17-25(34)20-6-7-20)31-29(28)33(18)27-5-3-4-12-38-27/h8-9,15-16,19-20,27H,3-7,10-14,17H2,1-2H3,(H,31,32). The van der Waals surface area contributed by atoms with Crippen LogP contribution >= 0.6 is 0 Å². The number of imidazole rings is 1. The first-order valence-electron chi connectivity index (χ1n) is 14.0. The Labute approximate surface area is 229 Å². The summed E-state index contributed by atoms with van der Waals surface area (Å²) in [6, 6.07) is 7.49. The number of nitrogens with one attached hydrogen (secondary N) is 1. The minimum Gasteiger partial charge on any atom is -0.381 e. The van der Waals surface area contributed by atoms with Gasteiger partial charge in [0.15, 0.2) is 15.5 Å². The summed E-state index contributed by atoms with van der Waals surface area (Å²) in [6.07, 6.45) is 7.91. The first-order valence-corrected chi connectivity index (χ1v) is 15.9. The van der Waals surface area contributed by atoms with Crippen molar-refractivity contribution >= 4 is 38.2 Å². The van der Waals surface area contributed by atoms with Crippen LogP contribution in [0.15, 0.2) is 29.2 Å². The van der Waals surface area contributed by atoms with Crippen molar-refractivity contribution in [1.29, 1.82) is 0 Å². The molecule has 39 heavy (non-hydrogen) atoms. The van der Waals surface area contributed by atoms with E-state index in [0.717, 1.165) is 56.3 Å². The summed E-state index contributed by atoms with van der Waals surface area (Å²) < 4.78 is 39.5. The third-order valence-electron chi connectivity index (χ3n) is 8.08. The topological polar surface area (TPSA) is 112 Å². The lowest BCUT2D eigenvalue weighted by molar-refractivity contribution is -0.119. The van der Waals surface area contributed by atoms with E-state index in [0.29, 0.717) is 48.1 Å². The Morgan fingerprint density at radius 3 is 2.51 bits per heavy atom. The Bertz CT molecular complexity index is 1500. The molecule has 2 aliphatic heterocycles. The number of carbonyl (C=O) groups excluding carboxylic acids is 1. The summed E-state index contributed by atoms with van der Waals surface area (Å²) >= 11 is 0. The van der Waals surface area contributed by atoms with Crippen molar-refractivity contribution in [3.63, 3.8) is 0 Å². The molecule has 1 saturated carbocycles. The third kappa shape index (κ3) is 5.60. The number of nitrogens with zero attached hydrogens (tertiary/aromatic N) is 3. The van der Waals surface area contributed by atoms with Gasteiger partial charge >= 0.3 is 0 Å². The highest BCUT2D eigenvalue weighted by molar-refractivity contribution is 7.90. The van der Waals surface area contributed by atoms with E-state index < -0.39 is 9.84 Å². The molecule has 0 spiro atoms. The van der Waals surface area contributed by atoms with Crippen molar-refractivity contribution < 1.29 is 22.7 Å². The first-order chi connectivity index (χ1) is 18.8. The quantitative estimate of drug-likeness (QED) is 0.415. The van der Waals surface area contributed by atoms with Crippen LogP contribution < -0.4 is 5.32 Å². The number of fused-ring (bicyclic) bond motifs is 1. The molecule has 3 aromatic rings. The van der Waals surface area contributed by atoms with Crippen molar-refractivity contribution in [1.82, 2.24) is 14.5 Å². The number of ketones is 1. The van der Waals surface area contributed by atoms with E-state index in [2.05, 4.69) is 5.32 Å². The van der Waals surface area contributed by atoms with E-state index in [-0.39, 0.29) is 35.2 Å². The maximum Gasteiger partial charge on any atom is 0.177 e. The highest BCUT2D eigenvalue weighted by Gasteiger charge is 2.31. The SMILES string of the molecule is Cc1nc2c(Nc3ccc(C4CCOCC4)cc3S(C)(=O)=O)cc(CC(=O)C3CC3)nc2n1C1CCCCO1. The van der Waals surface area contributed by atoms with Gasteiger partial charge in [0.2, 0.25) is 0 Å². The predicted octanol–water partition coefficient (Wildman–Crippen LogP) is 5.00. The van der Waals surface area contributed by atoms with Crippen LogP contribution in [-0.2, 0) is 30.5 Å². The maximum atomic E-state index is 12.9. The number of ether oxygens (including phenoxy) is 2. The number of aromatic nitrogens is 3. The lowest BCUT2D eigenvalue weighted by Gasteiger charge is -2.25. The lowest BCUT2D eigenvalue weighted by atomic mass is 9.91. The lowest BCUT2D eigenvalue weighted by Crippen LogP contribution is -2.19. The van der Waals surface area contributed by atoms with Gasteiger partial charge in [-0.15, -0.1) is 0 Å². The number of anilines is 2. The van der Waals surface area contributed by atoms with Gasteiger partial charge in [-0.05, 0) is 81.5 Å². The van der Waals surface area contributed by atoms with Crippen LogP contribution in [0.4, 0.5) is 11.4 Å². The molecule has 1 atom stereocenters. The van der Waals surface area contributed by atoms with Gasteiger partial charge in [0, 0.05) is 38.4 Å². The average Bonchev–Trinajstić information content (AvgIpc) is 3.72. The van der Waals surface area contributed by atoms with Crippen molar-refractivity contribution in [3.8, 4) is 0 Å². The zero-order chi connectivity index (χ0) is 27.1. The molecule has 0 radical (unpaired) electrons. The molecule has 0 bridgehead atoms. The fourth-order valence-corrected chi connectivity index (χ4v) is 6.66. The molecule has 208 valence electrons. The molecular weight excluding hydrogens is 516 g/mol. The van der Waals surface area contributed by atoms with E-state index in [1.165, 1.54) is 6.26 Å². The molecule has 4 heterocycles. The zero-order valence-corrected chi connectivity index (χ0v) is 23.4. The highest BCUT2D eigenvalue weighted by Crippen LogP contribution is 2.37. The Morgan fingerprint density at radius 1 is 1.03 bits per heavy atom. The summed E-state index contributed by atoms with van der Waals surface area (Å²) in [6.45, 7) is 3.99. The second kappa shape index (κ2) is 10.6. The number of hydrogen-bond donors (Lipinski definition) is 1. The maximum absolute atomic E-state index is 12.9. The molecule has 1 aliphatic carbocycles. The number of aryl methyl sites for hydroxylation is 1. The van der Waals surface area contributed by atoms with Gasteiger partial charge in [0.05, 0.1) is 22.0 Å². The molecule has 1 aromatic carbocycles. The second-order valence-corrected chi connectivity index (χ2v) is 13.1. The van der Waals surface area contributed by atoms with E-state index in [1.54, 1.807) is 6.07 Å². The van der Waals surface area contributed by atoms with Crippen LogP contribution in [-0.4, -0.2) is 54.8 Å². The van der Waals surface area contributed by atoms with Gasteiger partial charge in [-0.3, -0.25) is 9.36 Å². The third-order valence-corrected chi connectivity index (χ3v) is 9.21. The Morgan fingerprint density at radius 2 is 1.82 bits per heavy atom. The van der Waals surface area contributed by atoms with Gasteiger partial charge in [-0.25, -0.2) is 18.4 Å². The molecule has 9 nitrogen and oxygen atoms in total. The molecule has 3 aliphatic rings. The summed E-state index contributed by atoms with van der Waals surface area (Å²) in [5.74, 6) is 1.37. The van der Waals surface area contributed by atoms with Gasteiger partial charge in [0.25, 0.3) is 0 Å². The number of carbonyl (C=O) groups is 1. The molecule has 2 saturated heterocycles. The number of hydrogen-bond acceptors (Lipinski definition) is 8. The fourth-order valence-electron chi connectivity index (χ4n) is 5.79. The first kappa shape index (κ1) is 26.4. The average molecular weight is 553 g/mol. The van der Waals surface area contributed by atoms with Gasteiger partial charge in [0.1, 0.15) is 23.4 Å². The van der Waals surface area contributed by atoms with Crippen molar-refractivity contribution in [2.24, 2.45) is 5.92 Å². The van der Waals surface area contributed by atoms with E-state index in [9.17, 15) is 13.2 Å². The van der Waals surface area contributed by atoms with E-state index in [4.69, 9.17) is 19.4 Å². The van der Waals surface area contributed by atoms with Crippen LogP contribution in [0.25, 0.3) is 11.2 Å². The van der Waals surface area contributed by atoms with Crippen LogP contribution in [0.3, 0.4) is 0 Å². The van der Waals surface area contributed by atoms with Crippen LogP contribution in [0.5, 0.6) is 0 Å². The Kier molecular flexibility index (Phi) is 7.20. The van der Waals surface area contributed by atoms with Crippen molar-refractivity contribution in [2.75, 3.05) is 31.4 Å². The van der Waals surface area contributed by atoms with Crippen LogP contribution in [0.2, 0.25) is 0 Å². The fraction of sp³-hybridized carbons (Fsp3) is 0.552. The summed E-state index contributed by atoms with van der Waals surface area (Å²) in [5, 5.41) is 3.38. The van der Waals surface area contributed by atoms with Crippen LogP contribution in [0.1, 0.15) is 74.2 Å². The van der Waals surface area contributed by atoms with E-state index >= 15 is 0 Å². The molecule has 1 N–H and O–H groups in total. The van der Waals surface area contributed by atoms with Gasteiger partial charge in [-0.2, -0.15) is 0 Å². The minimum atomic E-state index is -3.53. The minimum absolute atomic E-state index is 0.127. The van der Waals surface area contributed by atoms with Crippen molar-refractivity contribution in [3.05, 3.63) is 41.3 Å². The molecular formula is C29H36N4O5S. The normalized spacial score (nSPS) is 20.8. The highest BCUT2D eigenvalue weighted by atomic mass is 32.2. The smallest absolute Gasteiger partial charge is 0.177 e. The van der Waals surface area contributed by atoms with Crippen molar-refractivity contribution in [2.45, 2.75) is 75.3 Å². The molecule has 10 heteroatoms.